The molecule has 1 unspecified atom stereocenters. The molecule has 94 valence electrons. The molecule has 1 heterocycles. The Bertz CT molecular complexity index is 528. The van der Waals surface area contributed by atoms with Crippen molar-refractivity contribution in [3.63, 3.8) is 0 Å². The van der Waals surface area contributed by atoms with Crippen molar-refractivity contribution in [1.29, 1.82) is 0 Å². The van der Waals surface area contributed by atoms with Crippen molar-refractivity contribution in [2.24, 2.45) is 5.73 Å². The zero-order chi connectivity index (χ0) is 13.0. The van der Waals surface area contributed by atoms with Crippen LogP contribution in [-0.4, -0.2) is 12.1 Å². The zero-order valence-electron chi connectivity index (χ0n) is 10.3. The fraction of sp³-hybridized carbons (Fsp3) is 0.214. The molecule has 0 aliphatic heterocycles. The number of nitrogen functional groups attached to an aromatic ring is 1. The summed E-state index contributed by atoms with van der Waals surface area (Å²) >= 11 is 0. The summed E-state index contributed by atoms with van der Waals surface area (Å²) in [6.07, 6.45) is 2.42. The molecule has 18 heavy (non-hydrogen) atoms. The number of hydrogen-bond donors (Lipinski definition) is 2. The van der Waals surface area contributed by atoms with Crippen LogP contribution in [0.4, 0.5) is 5.82 Å². The van der Waals surface area contributed by atoms with Crippen LogP contribution in [0.1, 0.15) is 17.2 Å². The summed E-state index contributed by atoms with van der Waals surface area (Å²) in [7, 11) is 1.65. The van der Waals surface area contributed by atoms with Gasteiger partial charge in [0.15, 0.2) is 0 Å². The number of aromatic nitrogens is 1. The fourth-order valence-corrected chi connectivity index (χ4v) is 1.87. The molecule has 0 saturated carbocycles. The van der Waals surface area contributed by atoms with Gasteiger partial charge >= 0.3 is 0 Å². The van der Waals surface area contributed by atoms with Crippen LogP contribution in [-0.2, 0) is 6.42 Å². The van der Waals surface area contributed by atoms with Crippen LogP contribution < -0.4 is 16.2 Å². The molecule has 0 radical (unpaired) electrons. The predicted molar refractivity (Wildman–Crippen MR) is 72.3 cm³/mol. The predicted octanol–water partition coefficient (Wildman–Crippen LogP) is 1.91. The van der Waals surface area contributed by atoms with E-state index in [1.807, 2.05) is 36.4 Å². The molecule has 1 aromatic heterocycles. The van der Waals surface area contributed by atoms with Crippen LogP contribution in [0, 0.1) is 0 Å². The van der Waals surface area contributed by atoms with Gasteiger partial charge in [-0.15, -0.1) is 0 Å². The number of rotatable bonds is 4. The number of nitrogens with two attached hydrogens (primary N) is 2. The Morgan fingerprint density at radius 2 is 2.11 bits per heavy atom. The highest BCUT2D eigenvalue weighted by Gasteiger charge is 2.08. The zero-order valence-corrected chi connectivity index (χ0v) is 10.3. The normalized spacial score (nSPS) is 12.1. The van der Waals surface area contributed by atoms with Crippen LogP contribution in [0.5, 0.6) is 5.75 Å². The first-order valence-corrected chi connectivity index (χ1v) is 5.79. The second-order valence-electron chi connectivity index (χ2n) is 4.18. The second-order valence-corrected chi connectivity index (χ2v) is 4.18. The number of ether oxygens (including phenoxy) is 1. The van der Waals surface area contributed by atoms with Crippen LogP contribution in [0.25, 0.3) is 0 Å². The van der Waals surface area contributed by atoms with Crippen molar-refractivity contribution in [3.8, 4) is 5.75 Å². The standard InChI is InChI=1S/C14H17N3O/c1-18-12-4-2-3-11(9-12)13(15)7-10-5-6-17-14(16)8-10/h2-6,8-9,13H,7,15H2,1H3,(H2,16,17). The van der Waals surface area contributed by atoms with E-state index in [-0.39, 0.29) is 6.04 Å². The largest absolute Gasteiger partial charge is 0.497 e. The van der Waals surface area contributed by atoms with Crippen molar-refractivity contribution >= 4 is 5.82 Å². The maximum Gasteiger partial charge on any atom is 0.123 e. The first-order chi connectivity index (χ1) is 8.69. The average Bonchev–Trinajstić information content (AvgIpc) is 2.39. The van der Waals surface area contributed by atoms with Crippen molar-refractivity contribution in [1.82, 2.24) is 4.98 Å². The van der Waals surface area contributed by atoms with E-state index in [1.54, 1.807) is 13.3 Å². The molecule has 4 heteroatoms. The summed E-state index contributed by atoms with van der Waals surface area (Å²) in [5.41, 5.74) is 14.0. The molecule has 2 rings (SSSR count). The quantitative estimate of drug-likeness (QED) is 0.860. The monoisotopic (exact) mass is 243 g/mol. The van der Waals surface area contributed by atoms with E-state index >= 15 is 0 Å². The summed E-state index contributed by atoms with van der Waals surface area (Å²) in [5.74, 6) is 1.34. The van der Waals surface area contributed by atoms with Gasteiger partial charge in [0.2, 0.25) is 0 Å². The Balaban J connectivity index is 2.13. The van der Waals surface area contributed by atoms with E-state index in [2.05, 4.69) is 4.98 Å². The van der Waals surface area contributed by atoms with Gasteiger partial charge in [-0.05, 0) is 41.8 Å². The van der Waals surface area contributed by atoms with Crippen LogP contribution >= 0.6 is 0 Å². The Morgan fingerprint density at radius 1 is 1.28 bits per heavy atom. The van der Waals surface area contributed by atoms with E-state index in [4.69, 9.17) is 16.2 Å². The average molecular weight is 243 g/mol. The minimum atomic E-state index is -0.0816. The summed E-state index contributed by atoms with van der Waals surface area (Å²) in [4.78, 5) is 3.96. The van der Waals surface area contributed by atoms with Crippen molar-refractivity contribution in [2.75, 3.05) is 12.8 Å². The Kier molecular flexibility index (Phi) is 3.79. The molecular formula is C14H17N3O. The number of methoxy groups -OCH3 is 1. The molecule has 4 nitrogen and oxygen atoms in total. The SMILES string of the molecule is COc1cccc(C(N)Cc2ccnc(N)c2)c1. The third-order valence-electron chi connectivity index (χ3n) is 2.82. The van der Waals surface area contributed by atoms with Crippen molar-refractivity contribution in [3.05, 3.63) is 53.7 Å². The van der Waals surface area contributed by atoms with Gasteiger partial charge in [-0.25, -0.2) is 4.98 Å². The van der Waals surface area contributed by atoms with Crippen LogP contribution in [0.15, 0.2) is 42.6 Å². The van der Waals surface area contributed by atoms with E-state index in [0.29, 0.717) is 5.82 Å². The number of benzene rings is 1. The van der Waals surface area contributed by atoms with E-state index in [9.17, 15) is 0 Å². The molecule has 0 spiro atoms. The van der Waals surface area contributed by atoms with E-state index < -0.39 is 0 Å². The molecule has 2 aromatic rings. The molecule has 1 atom stereocenters. The van der Waals surface area contributed by atoms with Gasteiger partial charge in [-0.2, -0.15) is 0 Å². The molecule has 0 fully saturated rings. The minimum absolute atomic E-state index is 0.0816. The van der Waals surface area contributed by atoms with Gasteiger partial charge in [-0.1, -0.05) is 12.1 Å². The highest BCUT2D eigenvalue weighted by atomic mass is 16.5. The molecule has 0 amide bonds. The third kappa shape index (κ3) is 2.99. The Labute approximate surface area is 107 Å². The Hall–Kier alpha value is -2.07. The third-order valence-corrected chi connectivity index (χ3v) is 2.82. The molecule has 0 aliphatic carbocycles. The lowest BCUT2D eigenvalue weighted by molar-refractivity contribution is 0.414. The highest BCUT2D eigenvalue weighted by Crippen LogP contribution is 2.20. The molecule has 0 saturated heterocycles. The summed E-state index contributed by atoms with van der Waals surface area (Å²) in [6.45, 7) is 0. The second kappa shape index (κ2) is 5.51. The summed E-state index contributed by atoms with van der Waals surface area (Å²) in [5, 5.41) is 0. The molecule has 4 N–H and O–H groups in total. The van der Waals surface area contributed by atoms with Crippen LogP contribution in [0.2, 0.25) is 0 Å². The summed E-state index contributed by atoms with van der Waals surface area (Å²) < 4.78 is 5.19. The lowest BCUT2D eigenvalue weighted by Crippen LogP contribution is -2.13. The minimum Gasteiger partial charge on any atom is -0.497 e. The number of hydrogen-bond acceptors (Lipinski definition) is 4. The van der Waals surface area contributed by atoms with Crippen molar-refractivity contribution < 1.29 is 4.74 Å². The fourth-order valence-electron chi connectivity index (χ4n) is 1.87. The van der Waals surface area contributed by atoms with Gasteiger partial charge in [0.25, 0.3) is 0 Å². The van der Waals surface area contributed by atoms with Crippen molar-refractivity contribution in [2.45, 2.75) is 12.5 Å². The van der Waals surface area contributed by atoms with Gasteiger partial charge in [0.05, 0.1) is 7.11 Å². The van der Waals surface area contributed by atoms with E-state index in [0.717, 1.165) is 23.3 Å². The lowest BCUT2D eigenvalue weighted by atomic mass is 10.00. The van der Waals surface area contributed by atoms with Crippen LogP contribution in [0.3, 0.4) is 0 Å². The van der Waals surface area contributed by atoms with Gasteiger partial charge in [0, 0.05) is 12.2 Å². The number of nitrogens with zero attached hydrogens (tertiary/aromatic N) is 1. The van der Waals surface area contributed by atoms with Gasteiger partial charge in [0.1, 0.15) is 11.6 Å². The number of pyridine rings is 1. The molecule has 0 aliphatic rings. The lowest BCUT2D eigenvalue weighted by Gasteiger charge is -2.13. The molecule has 1 aromatic carbocycles. The van der Waals surface area contributed by atoms with Gasteiger partial charge < -0.3 is 16.2 Å². The first kappa shape index (κ1) is 12.4. The topological polar surface area (TPSA) is 74.2 Å². The van der Waals surface area contributed by atoms with E-state index in [1.165, 1.54) is 0 Å². The maximum atomic E-state index is 6.18. The smallest absolute Gasteiger partial charge is 0.123 e. The first-order valence-electron chi connectivity index (χ1n) is 5.79. The van der Waals surface area contributed by atoms with Gasteiger partial charge in [-0.3, -0.25) is 0 Å². The number of anilines is 1. The highest BCUT2D eigenvalue weighted by molar-refractivity contribution is 5.35. The summed E-state index contributed by atoms with van der Waals surface area (Å²) in [6, 6.07) is 11.5. The molecular weight excluding hydrogens is 226 g/mol. The Morgan fingerprint density at radius 3 is 2.83 bits per heavy atom. The maximum absolute atomic E-state index is 6.18. The molecule has 0 bridgehead atoms.